The molecule has 0 aromatic rings. The summed E-state index contributed by atoms with van der Waals surface area (Å²) >= 11 is 0. The minimum Gasteiger partial charge on any atom is -0.311 e. The summed E-state index contributed by atoms with van der Waals surface area (Å²) in [5.74, 6) is 0. The van der Waals surface area contributed by atoms with Crippen LogP contribution in [0.2, 0.25) is 0 Å². The largest absolute Gasteiger partial charge is 0.311 e. The molecule has 3 fully saturated rings. The second kappa shape index (κ2) is 4.77. The van der Waals surface area contributed by atoms with Crippen LogP contribution < -0.4 is 5.32 Å². The van der Waals surface area contributed by atoms with Crippen molar-refractivity contribution in [2.45, 2.75) is 58.2 Å². The Morgan fingerprint density at radius 2 is 1.61 bits per heavy atom. The van der Waals surface area contributed by atoms with Crippen LogP contribution in [0.15, 0.2) is 0 Å². The first-order valence-electron chi connectivity index (χ1n) is 7.75. The van der Waals surface area contributed by atoms with Crippen molar-refractivity contribution in [1.82, 2.24) is 15.1 Å². The molecule has 104 valence electrons. The minimum absolute atomic E-state index is 0.382. The first kappa shape index (κ1) is 12.9. The predicted molar refractivity (Wildman–Crippen MR) is 75.8 cm³/mol. The van der Waals surface area contributed by atoms with Crippen molar-refractivity contribution < 1.29 is 0 Å². The van der Waals surface area contributed by atoms with Crippen molar-refractivity contribution in [1.29, 1.82) is 0 Å². The Balaban J connectivity index is 1.56. The van der Waals surface area contributed by atoms with E-state index in [1.807, 2.05) is 0 Å². The first-order chi connectivity index (χ1) is 8.54. The van der Waals surface area contributed by atoms with Gasteiger partial charge in [-0.3, -0.25) is 9.80 Å². The molecule has 3 rings (SSSR count). The van der Waals surface area contributed by atoms with Gasteiger partial charge in [0.1, 0.15) is 0 Å². The van der Waals surface area contributed by atoms with E-state index in [-0.39, 0.29) is 0 Å². The smallest absolute Gasteiger partial charge is 0.0244 e. The van der Waals surface area contributed by atoms with Gasteiger partial charge in [-0.05, 0) is 24.7 Å². The van der Waals surface area contributed by atoms with E-state index in [1.54, 1.807) is 0 Å². The van der Waals surface area contributed by atoms with Crippen LogP contribution in [0.3, 0.4) is 0 Å². The molecular formula is C15H29N3. The number of hydrogen-bond acceptors (Lipinski definition) is 3. The fraction of sp³-hybridized carbons (Fsp3) is 1.00. The lowest BCUT2D eigenvalue weighted by atomic mass is 9.85. The third-order valence-electron chi connectivity index (χ3n) is 5.03. The van der Waals surface area contributed by atoms with Crippen LogP contribution in [0.25, 0.3) is 0 Å². The lowest BCUT2D eigenvalue weighted by Crippen LogP contribution is -2.58. The van der Waals surface area contributed by atoms with E-state index in [4.69, 9.17) is 0 Å². The van der Waals surface area contributed by atoms with Crippen LogP contribution in [-0.2, 0) is 0 Å². The number of piperazine rings is 1. The van der Waals surface area contributed by atoms with E-state index >= 15 is 0 Å². The molecule has 2 unspecified atom stereocenters. The second-order valence-corrected chi connectivity index (χ2v) is 7.54. The van der Waals surface area contributed by atoms with Crippen molar-refractivity contribution in [2.75, 3.05) is 32.7 Å². The molecule has 0 spiro atoms. The summed E-state index contributed by atoms with van der Waals surface area (Å²) in [6.07, 6.45) is 4.31. The number of nitrogens with zero attached hydrogens (tertiary/aromatic N) is 2. The average molecular weight is 251 g/mol. The van der Waals surface area contributed by atoms with Crippen LogP contribution in [0.5, 0.6) is 0 Å². The zero-order valence-corrected chi connectivity index (χ0v) is 12.3. The normalized spacial score (nSPS) is 36.2. The van der Waals surface area contributed by atoms with E-state index in [1.165, 1.54) is 52.0 Å². The highest BCUT2D eigenvalue weighted by molar-refractivity contribution is 4.96. The van der Waals surface area contributed by atoms with E-state index in [2.05, 4.69) is 35.9 Å². The zero-order valence-electron chi connectivity index (χ0n) is 12.3. The number of nitrogens with one attached hydrogen (secondary N) is 1. The van der Waals surface area contributed by atoms with Gasteiger partial charge in [-0.25, -0.2) is 0 Å². The number of likely N-dealkylation sites (tertiary alicyclic amines) is 1. The Hall–Kier alpha value is -0.120. The second-order valence-electron chi connectivity index (χ2n) is 7.54. The highest BCUT2D eigenvalue weighted by atomic mass is 15.3. The molecule has 3 aliphatic rings. The Labute approximate surface area is 112 Å². The van der Waals surface area contributed by atoms with Gasteiger partial charge in [0.15, 0.2) is 0 Å². The van der Waals surface area contributed by atoms with Gasteiger partial charge in [-0.15, -0.1) is 0 Å². The van der Waals surface area contributed by atoms with Gasteiger partial charge >= 0.3 is 0 Å². The van der Waals surface area contributed by atoms with Crippen molar-refractivity contribution in [3.05, 3.63) is 0 Å². The lowest BCUT2D eigenvalue weighted by Gasteiger charge is -2.42. The topological polar surface area (TPSA) is 18.5 Å². The molecule has 0 aromatic heterocycles. The molecule has 2 aliphatic heterocycles. The average Bonchev–Trinajstić information content (AvgIpc) is 3.06. The molecule has 0 bridgehead atoms. The van der Waals surface area contributed by atoms with E-state index in [0.29, 0.717) is 11.5 Å². The maximum Gasteiger partial charge on any atom is 0.0244 e. The lowest BCUT2D eigenvalue weighted by molar-refractivity contribution is 0.0989. The summed E-state index contributed by atoms with van der Waals surface area (Å²) in [5.41, 5.74) is 0.382. The van der Waals surface area contributed by atoms with Crippen LogP contribution in [0.4, 0.5) is 0 Å². The SMILES string of the molecule is CC(C)(C)C1CN(C2CCN(C3CC3)C2)CCN1. The molecule has 1 aliphatic carbocycles. The van der Waals surface area contributed by atoms with E-state index < -0.39 is 0 Å². The van der Waals surface area contributed by atoms with Gasteiger partial charge in [-0.1, -0.05) is 20.8 Å². The Kier molecular flexibility index (Phi) is 3.41. The molecular weight excluding hydrogens is 222 g/mol. The van der Waals surface area contributed by atoms with E-state index in [0.717, 1.165) is 12.1 Å². The quantitative estimate of drug-likeness (QED) is 0.803. The minimum atomic E-state index is 0.382. The van der Waals surface area contributed by atoms with Crippen molar-refractivity contribution >= 4 is 0 Å². The number of hydrogen-bond donors (Lipinski definition) is 1. The van der Waals surface area contributed by atoms with Crippen molar-refractivity contribution in [3.8, 4) is 0 Å². The van der Waals surface area contributed by atoms with E-state index in [9.17, 15) is 0 Å². The van der Waals surface area contributed by atoms with Crippen molar-refractivity contribution in [3.63, 3.8) is 0 Å². The molecule has 3 nitrogen and oxygen atoms in total. The Bertz CT molecular complexity index is 293. The van der Waals surface area contributed by atoms with Crippen LogP contribution in [-0.4, -0.2) is 60.6 Å². The van der Waals surface area contributed by atoms with Gasteiger partial charge in [0.05, 0.1) is 0 Å². The number of rotatable bonds is 2. The summed E-state index contributed by atoms with van der Waals surface area (Å²) in [4.78, 5) is 5.49. The molecule has 2 heterocycles. The standard InChI is InChI=1S/C15H29N3/c1-15(2,3)14-11-18(9-7-16-14)13-6-8-17(10-13)12-4-5-12/h12-14,16H,4-11H2,1-3H3. The van der Waals surface area contributed by atoms with Gasteiger partial charge in [0.25, 0.3) is 0 Å². The summed E-state index contributed by atoms with van der Waals surface area (Å²) in [6.45, 7) is 13.4. The molecule has 0 amide bonds. The third kappa shape index (κ3) is 2.73. The summed E-state index contributed by atoms with van der Waals surface area (Å²) in [5, 5.41) is 3.70. The fourth-order valence-corrected chi connectivity index (χ4v) is 3.52. The highest BCUT2D eigenvalue weighted by Crippen LogP contribution is 2.32. The molecule has 2 atom stereocenters. The predicted octanol–water partition coefficient (Wildman–Crippen LogP) is 1.54. The van der Waals surface area contributed by atoms with Gasteiger partial charge in [-0.2, -0.15) is 0 Å². The summed E-state index contributed by atoms with van der Waals surface area (Å²) in [7, 11) is 0. The molecule has 0 aromatic carbocycles. The maximum absolute atomic E-state index is 3.70. The van der Waals surface area contributed by atoms with Gasteiger partial charge in [0, 0.05) is 50.8 Å². The van der Waals surface area contributed by atoms with Gasteiger partial charge < -0.3 is 5.32 Å². The van der Waals surface area contributed by atoms with Crippen LogP contribution >= 0.6 is 0 Å². The maximum atomic E-state index is 3.70. The zero-order chi connectivity index (χ0) is 12.8. The summed E-state index contributed by atoms with van der Waals surface area (Å²) in [6, 6.07) is 2.44. The summed E-state index contributed by atoms with van der Waals surface area (Å²) < 4.78 is 0. The fourth-order valence-electron chi connectivity index (χ4n) is 3.52. The highest BCUT2D eigenvalue weighted by Gasteiger charge is 2.38. The molecule has 1 N–H and O–H groups in total. The molecule has 2 saturated heterocycles. The Morgan fingerprint density at radius 3 is 2.28 bits per heavy atom. The van der Waals surface area contributed by atoms with Crippen LogP contribution in [0, 0.1) is 5.41 Å². The van der Waals surface area contributed by atoms with Gasteiger partial charge in [0.2, 0.25) is 0 Å². The Morgan fingerprint density at radius 1 is 0.889 bits per heavy atom. The van der Waals surface area contributed by atoms with Crippen LogP contribution in [0.1, 0.15) is 40.0 Å². The van der Waals surface area contributed by atoms with Crippen molar-refractivity contribution in [2.24, 2.45) is 5.41 Å². The molecule has 1 saturated carbocycles. The monoisotopic (exact) mass is 251 g/mol. The molecule has 18 heavy (non-hydrogen) atoms. The molecule has 0 radical (unpaired) electrons. The third-order valence-corrected chi connectivity index (χ3v) is 5.03. The first-order valence-corrected chi connectivity index (χ1v) is 7.75. The molecule has 3 heteroatoms.